The predicted molar refractivity (Wildman–Crippen MR) is 68.9 cm³/mol. The molecule has 1 atom stereocenters. The van der Waals surface area contributed by atoms with Gasteiger partial charge in [0.2, 0.25) is 0 Å². The minimum Gasteiger partial charge on any atom is -0.380 e. The molecule has 0 saturated heterocycles. The van der Waals surface area contributed by atoms with E-state index in [9.17, 15) is 5.11 Å². The summed E-state index contributed by atoms with van der Waals surface area (Å²) in [6, 6.07) is 10.1. The second-order valence-electron chi connectivity index (χ2n) is 4.35. The zero-order valence-electron chi connectivity index (χ0n) is 9.82. The van der Waals surface area contributed by atoms with E-state index < -0.39 is 5.60 Å². The highest BCUT2D eigenvalue weighted by atomic mass is 32.1. The Labute approximate surface area is 100 Å². The molecule has 2 aromatic rings. The second-order valence-corrected chi connectivity index (χ2v) is 5.30. The van der Waals surface area contributed by atoms with Gasteiger partial charge in [0.15, 0.2) is 0 Å². The Morgan fingerprint density at radius 2 is 1.88 bits per heavy atom. The molecule has 0 amide bonds. The summed E-state index contributed by atoms with van der Waals surface area (Å²) < 4.78 is 0. The van der Waals surface area contributed by atoms with Crippen molar-refractivity contribution in [3.05, 3.63) is 57.3 Å². The monoisotopic (exact) mass is 232 g/mol. The number of thiophene rings is 1. The van der Waals surface area contributed by atoms with Crippen LogP contribution in [0.3, 0.4) is 0 Å². The van der Waals surface area contributed by atoms with Gasteiger partial charge in [0.1, 0.15) is 5.60 Å². The van der Waals surface area contributed by atoms with Crippen molar-refractivity contribution >= 4 is 11.3 Å². The molecule has 84 valence electrons. The lowest BCUT2D eigenvalue weighted by Crippen LogP contribution is -2.21. The van der Waals surface area contributed by atoms with Crippen LogP contribution in [0.15, 0.2) is 35.7 Å². The Kier molecular flexibility index (Phi) is 2.87. The fourth-order valence-electron chi connectivity index (χ4n) is 1.74. The van der Waals surface area contributed by atoms with Crippen LogP contribution >= 0.6 is 11.3 Å². The first kappa shape index (κ1) is 11.4. The maximum Gasteiger partial charge on any atom is 0.121 e. The molecular weight excluding hydrogens is 216 g/mol. The van der Waals surface area contributed by atoms with Crippen LogP contribution in [0, 0.1) is 13.8 Å². The van der Waals surface area contributed by atoms with Gasteiger partial charge in [-0.05, 0) is 48.9 Å². The molecule has 1 aromatic carbocycles. The average Bonchev–Trinajstić information content (AvgIpc) is 2.75. The summed E-state index contributed by atoms with van der Waals surface area (Å²) in [5.74, 6) is 0. The van der Waals surface area contributed by atoms with Crippen LogP contribution < -0.4 is 0 Å². The maximum atomic E-state index is 10.6. The first-order valence-corrected chi connectivity index (χ1v) is 6.24. The topological polar surface area (TPSA) is 20.2 Å². The van der Waals surface area contributed by atoms with Gasteiger partial charge < -0.3 is 5.11 Å². The van der Waals surface area contributed by atoms with Gasteiger partial charge in [-0.25, -0.2) is 0 Å². The highest BCUT2D eigenvalue weighted by Gasteiger charge is 2.26. The van der Waals surface area contributed by atoms with Crippen molar-refractivity contribution in [2.75, 3.05) is 0 Å². The van der Waals surface area contributed by atoms with Gasteiger partial charge in [-0.1, -0.05) is 24.3 Å². The van der Waals surface area contributed by atoms with Gasteiger partial charge in [-0.2, -0.15) is 0 Å². The van der Waals surface area contributed by atoms with Crippen LogP contribution in [-0.4, -0.2) is 5.11 Å². The first-order valence-electron chi connectivity index (χ1n) is 5.36. The van der Waals surface area contributed by atoms with Gasteiger partial charge in [0, 0.05) is 4.88 Å². The van der Waals surface area contributed by atoms with Crippen molar-refractivity contribution in [2.45, 2.75) is 26.4 Å². The molecule has 0 aliphatic rings. The number of rotatable bonds is 2. The van der Waals surface area contributed by atoms with E-state index in [1.807, 2.05) is 30.5 Å². The molecule has 16 heavy (non-hydrogen) atoms. The van der Waals surface area contributed by atoms with Crippen molar-refractivity contribution < 1.29 is 5.11 Å². The number of hydrogen-bond acceptors (Lipinski definition) is 2. The second kappa shape index (κ2) is 4.04. The molecule has 0 saturated carbocycles. The Balaban J connectivity index is 2.47. The lowest BCUT2D eigenvalue weighted by Gasteiger charge is -2.23. The third kappa shape index (κ3) is 1.91. The summed E-state index contributed by atoms with van der Waals surface area (Å²) in [4.78, 5) is 0.982. The van der Waals surface area contributed by atoms with E-state index in [2.05, 4.69) is 26.0 Å². The van der Waals surface area contributed by atoms with Crippen LogP contribution in [0.25, 0.3) is 0 Å². The average molecular weight is 232 g/mol. The zero-order chi connectivity index (χ0) is 11.8. The number of hydrogen-bond donors (Lipinski definition) is 1. The molecule has 1 aromatic heterocycles. The summed E-state index contributed by atoms with van der Waals surface area (Å²) >= 11 is 1.58. The van der Waals surface area contributed by atoms with Crippen molar-refractivity contribution in [3.63, 3.8) is 0 Å². The highest BCUT2D eigenvalue weighted by Crippen LogP contribution is 2.32. The van der Waals surface area contributed by atoms with Crippen molar-refractivity contribution in [1.82, 2.24) is 0 Å². The predicted octanol–water partition coefficient (Wildman–Crippen LogP) is 3.62. The normalized spacial score (nSPS) is 14.8. The Morgan fingerprint density at radius 1 is 1.12 bits per heavy atom. The molecule has 2 rings (SSSR count). The van der Waals surface area contributed by atoms with Crippen molar-refractivity contribution in [1.29, 1.82) is 0 Å². The molecule has 0 radical (unpaired) electrons. The Hall–Kier alpha value is -1.12. The third-order valence-electron chi connectivity index (χ3n) is 3.07. The van der Waals surface area contributed by atoms with Crippen LogP contribution in [0.2, 0.25) is 0 Å². The fourth-order valence-corrected chi connectivity index (χ4v) is 2.55. The number of aliphatic hydroxyl groups is 1. The van der Waals surface area contributed by atoms with Crippen LogP contribution in [-0.2, 0) is 5.60 Å². The van der Waals surface area contributed by atoms with E-state index in [0.717, 1.165) is 10.4 Å². The maximum absolute atomic E-state index is 10.6. The van der Waals surface area contributed by atoms with E-state index in [4.69, 9.17) is 0 Å². The van der Waals surface area contributed by atoms with Crippen molar-refractivity contribution in [3.8, 4) is 0 Å². The summed E-state index contributed by atoms with van der Waals surface area (Å²) in [5.41, 5.74) is 2.55. The molecule has 1 heterocycles. The van der Waals surface area contributed by atoms with E-state index in [1.54, 1.807) is 11.3 Å². The van der Waals surface area contributed by atoms with Gasteiger partial charge >= 0.3 is 0 Å². The van der Waals surface area contributed by atoms with E-state index in [1.165, 1.54) is 11.1 Å². The Bertz CT molecular complexity index is 483. The summed E-state index contributed by atoms with van der Waals surface area (Å²) in [5, 5.41) is 12.6. The Morgan fingerprint density at radius 3 is 2.44 bits per heavy atom. The van der Waals surface area contributed by atoms with E-state index in [0.29, 0.717) is 0 Å². The molecule has 1 nitrogen and oxygen atoms in total. The molecule has 1 N–H and O–H groups in total. The van der Waals surface area contributed by atoms with Gasteiger partial charge in [-0.3, -0.25) is 0 Å². The molecule has 2 heteroatoms. The standard InChI is InChI=1S/C14H16OS/c1-10-6-7-12(9-11(10)2)14(3,15)13-5-4-8-16-13/h4-9,15H,1-3H3. The minimum atomic E-state index is -0.882. The first-order chi connectivity index (χ1) is 7.51. The molecule has 0 aliphatic heterocycles. The SMILES string of the molecule is Cc1ccc(C(C)(O)c2cccs2)cc1C. The lowest BCUT2D eigenvalue weighted by molar-refractivity contribution is 0.106. The largest absolute Gasteiger partial charge is 0.380 e. The quantitative estimate of drug-likeness (QED) is 0.838. The minimum absolute atomic E-state index is 0.882. The molecule has 0 fully saturated rings. The highest BCUT2D eigenvalue weighted by molar-refractivity contribution is 7.10. The molecular formula is C14H16OS. The summed E-state index contributed by atoms with van der Waals surface area (Å²) in [6.45, 7) is 6.01. The molecule has 1 unspecified atom stereocenters. The smallest absolute Gasteiger partial charge is 0.121 e. The van der Waals surface area contributed by atoms with E-state index >= 15 is 0 Å². The molecule has 0 spiro atoms. The number of aryl methyl sites for hydroxylation is 2. The van der Waals surface area contributed by atoms with Crippen LogP contribution in [0.5, 0.6) is 0 Å². The van der Waals surface area contributed by atoms with E-state index in [-0.39, 0.29) is 0 Å². The van der Waals surface area contributed by atoms with Gasteiger partial charge in [-0.15, -0.1) is 11.3 Å². The van der Waals surface area contributed by atoms with Crippen molar-refractivity contribution in [2.24, 2.45) is 0 Å². The van der Waals surface area contributed by atoms with Gasteiger partial charge in [0.05, 0.1) is 0 Å². The van der Waals surface area contributed by atoms with Crippen LogP contribution in [0.4, 0.5) is 0 Å². The lowest BCUT2D eigenvalue weighted by atomic mass is 9.92. The fraction of sp³-hybridized carbons (Fsp3) is 0.286. The number of benzene rings is 1. The zero-order valence-corrected chi connectivity index (χ0v) is 10.6. The van der Waals surface area contributed by atoms with Gasteiger partial charge in [0.25, 0.3) is 0 Å². The molecule has 0 aliphatic carbocycles. The summed E-state index contributed by atoms with van der Waals surface area (Å²) in [6.07, 6.45) is 0. The summed E-state index contributed by atoms with van der Waals surface area (Å²) in [7, 11) is 0. The third-order valence-corrected chi connectivity index (χ3v) is 4.15. The molecule has 0 bridgehead atoms. The van der Waals surface area contributed by atoms with Crippen LogP contribution in [0.1, 0.15) is 28.5 Å².